The fourth-order valence-electron chi connectivity index (χ4n) is 3.81. The largest absolute Gasteiger partial charge is 0.277 e. The standard InChI is InChI=1S/C18H9IN2O4S2/c1-20-15(22)6-3-4-7-11-10(6)12(17(20)24)8-5-9(27-19)26-14(8)13(11)18(25)21(2)16(7)23/h3-5H,1-2H3. The lowest BCUT2D eigenvalue weighted by atomic mass is 9.84. The molecule has 0 saturated heterocycles. The molecule has 0 radical (unpaired) electrons. The number of nitrogens with zero attached hydrogens (tertiary/aromatic N) is 2. The smallest absolute Gasteiger partial charge is 0.262 e. The molecular formula is C18H9IN2O4S2. The van der Waals surface area contributed by atoms with E-state index in [1.165, 1.54) is 34.4 Å². The van der Waals surface area contributed by atoms with Crippen LogP contribution in [-0.2, 0) is 0 Å². The lowest BCUT2D eigenvalue weighted by molar-refractivity contribution is 0.0631. The third-order valence-electron chi connectivity index (χ3n) is 5.09. The average molecular weight is 508 g/mol. The summed E-state index contributed by atoms with van der Waals surface area (Å²) in [5.74, 6) is -1.68. The Morgan fingerprint density at radius 2 is 1.37 bits per heavy atom. The van der Waals surface area contributed by atoms with Crippen LogP contribution < -0.4 is 0 Å². The lowest BCUT2D eigenvalue weighted by Gasteiger charge is -2.30. The van der Waals surface area contributed by atoms with Crippen LogP contribution in [0.4, 0.5) is 0 Å². The maximum atomic E-state index is 13.0. The third kappa shape index (κ3) is 1.96. The highest BCUT2D eigenvalue weighted by Gasteiger charge is 2.40. The van der Waals surface area contributed by atoms with Gasteiger partial charge < -0.3 is 0 Å². The van der Waals surface area contributed by atoms with Gasteiger partial charge in [0.25, 0.3) is 23.6 Å². The van der Waals surface area contributed by atoms with Crippen LogP contribution in [0.15, 0.2) is 22.4 Å². The van der Waals surface area contributed by atoms with Gasteiger partial charge in [0.05, 0.1) is 15.3 Å². The van der Waals surface area contributed by atoms with E-state index in [0.29, 0.717) is 43.1 Å². The van der Waals surface area contributed by atoms with Crippen molar-refractivity contribution < 1.29 is 19.2 Å². The second-order valence-electron chi connectivity index (χ2n) is 6.38. The normalized spacial score (nSPS) is 16.3. The Morgan fingerprint density at radius 1 is 0.852 bits per heavy atom. The van der Waals surface area contributed by atoms with E-state index < -0.39 is 23.6 Å². The molecule has 2 aromatic carbocycles. The summed E-state index contributed by atoms with van der Waals surface area (Å²) in [5, 5.41) is 1.49. The topological polar surface area (TPSA) is 74.8 Å². The first-order chi connectivity index (χ1) is 12.9. The molecule has 134 valence electrons. The van der Waals surface area contributed by atoms with E-state index in [0.717, 1.165) is 14.0 Å². The van der Waals surface area contributed by atoms with Gasteiger partial charge in [-0.25, -0.2) is 0 Å². The Bertz CT molecular complexity index is 1190. The minimum absolute atomic E-state index is 0.342. The lowest BCUT2D eigenvalue weighted by Crippen LogP contribution is -2.40. The van der Waals surface area contributed by atoms with Crippen molar-refractivity contribution in [3.63, 3.8) is 0 Å². The van der Waals surface area contributed by atoms with Crippen LogP contribution in [0, 0.1) is 0 Å². The molecule has 2 aliphatic rings. The van der Waals surface area contributed by atoms with E-state index in [9.17, 15) is 19.2 Å². The highest BCUT2D eigenvalue weighted by Crippen LogP contribution is 2.47. The van der Waals surface area contributed by atoms with Crippen molar-refractivity contribution in [3.05, 3.63) is 40.5 Å². The van der Waals surface area contributed by atoms with E-state index >= 15 is 0 Å². The first-order valence-electron chi connectivity index (χ1n) is 7.86. The number of imide groups is 2. The number of amides is 4. The zero-order valence-electron chi connectivity index (χ0n) is 14.0. The van der Waals surface area contributed by atoms with E-state index in [-0.39, 0.29) is 0 Å². The molecule has 5 rings (SSSR count). The summed E-state index contributed by atoms with van der Waals surface area (Å²) >= 11 is 3.57. The van der Waals surface area contributed by atoms with E-state index in [2.05, 4.69) is 21.2 Å². The zero-order valence-corrected chi connectivity index (χ0v) is 17.7. The monoisotopic (exact) mass is 508 g/mol. The van der Waals surface area contributed by atoms with E-state index in [1.807, 2.05) is 6.07 Å². The molecular weight excluding hydrogens is 499 g/mol. The minimum atomic E-state index is -0.429. The summed E-state index contributed by atoms with van der Waals surface area (Å²) in [6, 6.07) is 5.03. The highest BCUT2D eigenvalue weighted by atomic mass is 127. The van der Waals surface area contributed by atoms with Crippen molar-refractivity contribution in [1.82, 2.24) is 9.80 Å². The molecule has 1 aromatic heterocycles. The first-order valence-corrected chi connectivity index (χ1v) is 12.0. The molecule has 0 saturated carbocycles. The van der Waals surface area contributed by atoms with Crippen molar-refractivity contribution in [1.29, 1.82) is 0 Å². The molecule has 0 bridgehead atoms. The molecule has 3 aromatic rings. The molecule has 6 nitrogen and oxygen atoms in total. The summed E-state index contributed by atoms with van der Waals surface area (Å²) in [5.41, 5.74) is 1.47. The minimum Gasteiger partial charge on any atom is -0.277 e. The fourth-order valence-corrected chi connectivity index (χ4v) is 6.48. The average Bonchev–Trinajstić information content (AvgIpc) is 3.10. The van der Waals surface area contributed by atoms with Gasteiger partial charge in [0.1, 0.15) is 0 Å². The van der Waals surface area contributed by atoms with Crippen LogP contribution in [0.3, 0.4) is 0 Å². The van der Waals surface area contributed by atoms with Gasteiger partial charge in [0, 0.05) is 67.3 Å². The summed E-state index contributed by atoms with van der Waals surface area (Å²) in [6.07, 6.45) is 0. The molecule has 0 unspecified atom stereocenters. The summed E-state index contributed by atoms with van der Waals surface area (Å²) in [6.45, 7) is 0. The molecule has 0 spiro atoms. The number of carbonyl (C=O) groups is 4. The number of benzene rings is 2. The fraction of sp³-hybridized carbons (Fsp3) is 0.111. The van der Waals surface area contributed by atoms with Crippen molar-refractivity contribution in [3.8, 4) is 0 Å². The molecule has 27 heavy (non-hydrogen) atoms. The molecule has 3 heterocycles. The number of fused-ring (bicyclic) bond motifs is 3. The second kappa shape index (κ2) is 5.52. The van der Waals surface area contributed by atoms with Crippen LogP contribution in [0.2, 0.25) is 0 Å². The number of hydrogen-bond donors (Lipinski definition) is 0. The predicted octanol–water partition coefficient (Wildman–Crippen LogP) is 3.95. The summed E-state index contributed by atoms with van der Waals surface area (Å²) in [4.78, 5) is 53.6. The van der Waals surface area contributed by atoms with Gasteiger partial charge in [-0.05, 0) is 27.1 Å². The second-order valence-corrected chi connectivity index (χ2v) is 9.61. The number of carbonyl (C=O) groups excluding carboxylic acids is 4. The maximum Gasteiger partial charge on any atom is 0.262 e. The van der Waals surface area contributed by atoms with Crippen LogP contribution in [-0.4, -0.2) is 47.5 Å². The van der Waals surface area contributed by atoms with E-state index in [1.54, 1.807) is 12.1 Å². The van der Waals surface area contributed by atoms with Crippen molar-refractivity contribution in [2.75, 3.05) is 14.1 Å². The highest BCUT2D eigenvalue weighted by molar-refractivity contribution is 14.2. The van der Waals surface area contributed by atoms with Gasteiger partial charge in [-0.1, -0.05) is 0 Å². The Morgan fingerprint density at radius 3 is 1.93 bits per heavy atom. The molecule has 0 N–H and O–H groups in total. The number of hydrogen-bond acceptors (Lipinski definition) is 6. The summed E-state index contributed by atoms with van der Waals surface area (Å²) in [7, 11) is 4.39. The molecule has 0 fully saturated rings. The van der Waals surface area contributed by atoms with Gasteiger partial charge in [-0.3, -0.25) is 29.0 Å². The van der Waals surface area contributed by atoms with Crippen molar-refractivity contribution in [2.45, 2.75) is 4.21 Å². The molecule has 9 heteroatoms. The Hall–Kier alpha value is -1.98. The van der Waals surface area contributed by atoms with Crippen LogP contribution in [0.1, 0.15) is 41.4 Å². The van der Waals surface area contributed by atoms with Crippen LogP contribution >= 0.6 is 41.5 Å². The van der Waals surface area contributed by atoms with Gasteiger partial charge in [-0.15, -0.1) is 11.3 Å². The van der Waals surface area contributed by atoms with Gasteiger partial charge in [-0.2, -0.15) is 0 Å². The molecule has 0 atom stereocenters. The first kappa shape index (κ1) is 17.1. The number of rotatable bonds is 1. The van der Waals surface area contributed by atoms with Gasteiger partial charge in [0.15, 0.2) is 0 Å². The Kier molecular flexibility index (Phi) is 3.50. The maximum absolute atomic E-state index is 13.0. The van der Waals surface area contributed by atoms with Crippen LogP contribution in [0.5, 0.6) is 0 Å². The number of thiophene rings is 1. The Labute approximate surface area is 173 Å². The Balaban J connectivity index is 2.13. The van der Waals surface area contributed by atoms with Gasteiger partial charge >= 0.3 is 0 Å². The SMILES string of the molecule is CN1C(=O)c2ccc3c4c(c5sc(SI)cc5c(c24)C1=O)C(=O)N(C)C3=O. The predicted molar refractivity (Wildman–Crippen MR) is 112 cm³/mol. The third-order valence-corrected chi connectivity index (χ3v) is 9.13. The van der Waals surface area contributed by atoms with E-state index in [4.69, 9.17) is 0 Å². The quantitative estimate of drug-likeness (QED) is 0.368. The summed E-state index contributed by atoms with van der Waals surface area (Å²) < 4.78 is 1.62. The van der Waals surface area contributed by atoms with Crippen molar-refractivity contribution in [2.24, 2.45) is 0 Å². The van der Waals surface area contributed by atoms with Gasteiger partial charge in [0.2, 0.25) is 0 Å². The van der Waals surface area contributed by atoms with Crippen LogP contribution in [0.25, 0.3) is 20.9 Å². The molecule has 0 aliphatic carbocycles. The molecule has 2 aliphatic heterocycles. The molecule has 4 amide bonds. The van der Waals surface area contributed by atoms with Crippen molar-refractivity contribution >= 4 is 86.0 Å². The zero-order chi connectivity index (χ0) is 19.2. The number of halogens is 1.